The molecule has 2 aliphatic carbocycles. The first kappa shape index (κ1) is 51.9. The van der Waals surface area contributed by atoms with Gasteiger partial charge in [-0.1, -0.05) is 125 Å². The molecule has 0 saturated heterocycles. The van der Waals surface area contributed by atoms with Crippen LogP contribution in [0.1, 0.15) is 211 Å². The normalized spacial score (nSPS) is 16.5. The van der Waals surface area contributed by atoms with E-state index in [0.29, 0.717) is 30.6 Å². The Morgan fingerprint density at radius 1 is 0.730 bits per heavy atom. The SMILES string of the molecule is CCCNCc1noc([C@H](CCCC2CCCCC2)CC(=O)OC(C)(C)C)n1.Cc1ccc(S(=O)(=O)OCc2noc([C@H](CCCC3CCCCC3)CC(=O)OC(C)(C)C)n2)cc1. The van der Waals surface area contributed by atoms with Crippen molar-refractivity contribution >= 4 is 22.1 Å². The number of ether oxygens (including phenoxy) is 2. The van der Waals surface area contributed by atoms with Crippen molar-refractivity contribution in [2.45, 2.75) is 218 Å². The van der Waals surface area contributed by atoms with Gasteiger partial charge in [-0.2, -0.15) is 18.4 Å². The summed E-state index contributed by atoms with van der Waals surface area (Å²) in [7, 11) is -3.95. The zero-order chi connectivity index (χ0) is 45.9. The molecule has 2 aromatic heterocycles. The van der Waals surface area contributed by atoms with E-state index in [1.165, 1.54) is 82.8 Å². The largest absolute Gasteiger partial charge is 0.460 e. The standard InChI is InChI=1S/C26H38N2O6S.C22H39N3O3/c1-19-13-15-22(16-14-19)35(30,31)32-18-23-27-25(34-28-23)21(17-24(29)33-26(2,3)4)12-8-11-20-9-6-5-7-10-20;1-5-14-23-16-19-24-21(28-25-19)18(15-20(26)27-22(2,3)4)13-9-12-17-10-7-6-8-11-17/h13-16,20-21H,5-12,17-18H2,1-4H3;17-18,23H,5-16H2,1-4H3/t21-;18-/m11/s1. The fourth-order valence-corrected chi connectivity index (χ4v) is 9.20. The van der Waals surface area contributed by atoms with Crippen LogP contribution in [0.5, 0.6) is 0 Å². The maximum absolute atomic E-state index is 12.5. The van der Waals surface area contributed by atoms with Crippen LogP contribution in [0.15, 0.2) is 38.2 Å². The molecule has 1 aromatic carbocycles. The van der Waals surface area contributed by atoms with Crippen molar-refractivity contribution in [3.05, 3.63) is 53.3 Å². The molecule has 0 spiro atoms. The third-order valence-electron chi connectivity index (χ3n) is 11.5. The molecule has 1 N–H and O–H groups in total. The smallest absolute Gasteiger partial charge is 0.307 e. The molecular formula is C48H77N5O9S. The van der Waals surface area contributed by atoms with Gasteiger partial charge in [0.15, 0.2) is 11.6 Å². The molecule has 63 heavy (non-hydrogen) atoms. The lowest BCUT2D eigenvalue weighted by Gasteiger charge is -2.23. The average Bonchev–Trinajstić information content (AvgIpc) is 3.90. The van der Waals surface area contributed by atoms with Crippen LogP contribution in [0.25, 0.3) is 0 Å². The number of rotatable bonds is 22. The summed E-state index contributed by atoms with van der Waals surface area (Å²) in [4.78, 5) is 33.9. The second-order valence-corrected chi connectivity index (χ2v) is 21.3. The van der Waals surface area contributed by atoms with E-state index in [2.05, 4.69) is 32.5 Å². The van der Waals surface area contributed by atoms with E-state index in [-0.39, 0.29) is 47.5 Å². The van der Waals surface area contributed by atoms with E-state index < -0.39 is 21.3 Å². The van der Waals surface area contributed by atoms with Gasteiger partial charge in [0.05, 0.1) is 24.3 Å². The maximum Gasteiger partial charge on any atom is 0.307 e. The molecule has 0 radical (unpaired) electrons. The first-order valence-electron chi connectivity index (χ1n) is 23.6. The fraction of sp³-hybridized carbons (Fsp3) is 0.750. The number of carbonyl (C=O) groups excluding carboxylic acids is 2. The van der Waals surface area contributed by atoms with Gasteiger partial charge in [-0.25, -0.2) is 0 Å². The quantitative estimate of drug-likeness (QED) is 0.0570. The van der Waals surface area contributed by atoms with Crippen LogP contribution in [-0.4, -0.2) is 58.4 Å². The molecule has 2 heterocycles. The first-order chi connectivity index (χ1) is 29.9. The summed E-state index contributed by atoms with van der Waals surface area (Å²) in [5.74, 6) is 2.37. The summed E-state index contributed by atoms with van der Waals surface area (Å²) in [6, 6.07) is 6.40. The van der Waals surface area contributed by atoms with Gasteiger partial charge in [-0.3, -0.25) is 13.8 Å². The lowest BCUT2D eigenvalue weighted by Crippen LogP contribution is -2.25. The minimum absolute atomic E-state index is 0.0640. The molecule has 0 aliphatic heterocycles. The Morgan fingerprint density at radius 2 is 1.19 bits per heavy atom. The Balaban J connectivity index is 0.000000284. The third-order valence-corrected chi connectivity index (χ3v) is 12.8. The van der Waals surface area contributed by atoms with Crippen molar-refractivity contribution in [3.8, 4) is 0 Å². The Kier molecular flexibility index (Phi) is 21.2. The molecule has 2 saturated carbocycles. The van der Waals surface area contributed by atoms with Gasteiger partial charge in [0.1, 0.15) is 17.8 Å². The fourth-order valence-electron chi connectivity index (χ4n) is 8.33. The summed E-state index contributed by atoms with van der Waals surface area (Å²) >= 11 is 0. The third kappa shape index (κ3) is 20.4. The van der Waals surface area contributed by atoms with Gasteiger partial charge in [-0.15, -0.1) is 0 Å². The number of aryl methyl sites for hydroxylation is 1. The number of nitrogens with zero attached hydrogens (tertiary/aromatic N) is 4. The van der Waals surface area contributed by atoms with E-state index in [9.17, 15) is 18.0 Å². The molecule has 0 bridgehead atoms. The highest BCUT2D eigenvalue weighted by molar-refractivity contribution is 7.86. The van der Waals surface area contributed by atoms with Gasteiger partial charge in [0.25, 0.3) is 10.1 Å². The molecule has 2 fully saturated rings. The number of hydrogen-bond donors (Lipinski definition) is 1. The van der Waals surface area contributed by atoms with Crippen molar-refractivity contribution in [3.63, 3.8) is 0 Å². The Labute approximate surface area is 377 Å². The van der Waals surface area contributed by atoms with E-state index in [4.69, 9.17) is 22.7 Å². The summed E-state index contributed by atoms with van der Waals surface area (Å²) < 4.78 is 52.1. The van der Waals surface area contributed by atoms with Crippen LogP contribution in [0.4, 0.5) is 0 Å². The minimum Gasteiger partial charge on any atom is -0.460 e. The van der Waals surface area contributed by atoms with Gasteiger partial charge < -0.3 is 23.8 Å². The molecule has 14 nitrogen and oxygen atoms in total. The second kappa shape index (κ2) is 25.7. The lowest BCUT2D eigenvalue weighted by atomic mass is 9.84. The Morgan fingerprint density at radius 3 is 1.65 bits per heavy atom. The predicted molar refractivity (Wildman–Crippen MR) is 241 cm³/mol. The Hall–Kier alpha value is -3.69. The van der Waals surface area contributed by atoms with Gasteiger partial charge in [0.2, 0.25) is 11.8 Å². The van der Waals surface area contributed by atoms with Crippen LogP contribution in [0, 0.1) is 18.8 Å². The number of carbonyl (C=O) groups is 2. The molecule has 2 aliphatic rings. The highest BCUT2D eigenvalue weighted by atomic mass is 32.2. The minimum atomic E-state index is -3.95. The van der Waals surface area contributed by atoms with Crippen molar-refractivity contribution in [1.29, 1.82) is 0 Å². The van der Waals surface area contributed by atoms with Crippen LogP contribution in [-0.2, 0) is 46.5 Å². The monoisotopic (exact) mass is 900 g/mol. The molecule has 5 rings (SSSR count). The number of benzene rings is 1. The van der Waals surface area contributed by atoms with Crippen LogP contribution < -0.4 is 5.32 Å². The number of nitrogens with one attached hydrogen (secondary N) is 1. The summed E-state index contributed by atoms with van der Waals surface area (Å²) in [5, 5.41) is 11.3. The van der Waals surface area contributed by atoms with Gasteiger partial charge >= 0.3 is 11.9 Å². The molecule has 2 atom stereocenters. The van der Waals surface area contributed by atoms with Gasteiger partial charge in [-0.05, 0) is 98.2 Å². The van der Waals surface area contributed by atoms with Crippen molar-refractivity contribution in [1.82, 2.24) is 25.6 Å². The first-order valence-corrected chi connectivity index (χ1v) is 25.1. The second-order valence-electron chi connectivity index (χ2n) is 19.6. The molecule has 3 aromatic rings. The molecule has 0 unspecified atom stereocenters. The van der Waals surface area contributed by atoms with Crippen molar-refractivity contribution in [2.75, 3.05) is 6.54 Å². The number of esters is 2. The molecule has 354 valence electrons. The molecule has 0 amide bonds. The summed E-state index contributed by atoms with van der Waals surface area (Å²) in [6.07, 6.45) is 20.8. The molecular weight excluding hydrogens is 823 g/mol. The summed E-state index contributed by atoms with van der Waals surface area (Å²) in [6.45, 7) is 16.4. The highest BCUT2D eigenvalue weighted by Gasteiger charge is 2.28. The highest BCUT2D eigenvalue weighted by Crippen LogP contribution is 2.33. The lowest BCUT2D eigenvalue weighted by molar-refractivity contribution is -0.156. The van der Waals surface area contributed by atoms with E-state index in [1.807, 2.05) is 48.5 Å². The molecule has 15 heteroatoms. The van der Waals surface area contributed by atoms with Crippen LogP contribution in [0.3, 0.4) is 0 Å². The van der Waals surface area contributed by atoms with Crippen molar-refractivity contribution < 1.29 is 40.7 Å². The van der Waals surface area contributed by atoms with Crippen LogP contribution >= 0.6 is 0 Å². The van der Waals surface area contributed by atoms with E-state index in [1.54, 1.807) is 12.1 Å². The average molecular weight is 900 g/mol. The van der Waals surface area contributed by atoms with E-state index in [0.717, 1.165) is 62.5 Å². The predicted octanol–water partition coefficient (Wildman–Crippen LogP) is 11.0. The zero-order valence-electron chi connectivity index (χ0n) is 39.5. The Bertz CT molecular complexity index is 1890. The number of hydrogen-bond acceptors (Lipinski definition) is 14. The topological polar surface area (TPSA) is 186 Å². The van der Waals surface area contributed by atoms with Gasteiger partial charge in [0, 0.05) is 11.8 Å². The van der Waals surface area contributed by atoms with Crippen molar-refractivity contribution in [2.24, 2.45) is 11.8 Å². The number of aromatic nitrogens is 4. The summed E-state index contributed by atoms with van der Waals surface area (Å²) in [5.41, 5.74) is -0.110. The maximum atomic E-state index is 12.5. The van der Waals surface area contributed by atoms with Crippen LogP contribution in [0.2, 0.25) is 0 Å². The van der Waals surface area contributed by atoms with E-state index >= 15 is 0 Å². The zero-order valence-corrected chi connectivity index (χ0v) is 40.4.